The van der Waals surface area contributed by atoms with E-state index in [0.717, 1.165) is 12.1 Å². The summed E-state index contributed by atoms with van der Waals surface area (Å²) in [5.74, 6) is 0.611. The zero-order valence-corrected chi connectivity index (χ0v) is 21.6. The number of pyridine rings is 2. The molecule has 0 aliphatic carbocycles. The normalized spacial score (nSPS) is 11.6. The summed E-state index contributed by atoms with van der Waals surface area (Å²) in [5.41, 5.74) is 0.666. The minimum Gasteiger partial charge on any atom is -0.477 e. The average Bonchev–Trinajstić information content (AvgIpc) is 2.70. The SMILES string of the molecule is C[Si](C)(C)CCOc1nc(OOc2ccc(C=O)c(OCC[Si](C)(C)C)n2)ccc1C=O. The average molecular weight is 477 g/mol. The second-order valence-corrected chi connectivity index (χ2v) is 21.1. The van der Waals surface area contributed by atoms with E-state index in [1.165, 1.54) is 12.1 Å². The molecule has 174 valence electrons. The van der Waals surface area contributed by atoms with Crippen molar-refractivity contribution in [3.63, 3.8) is 0 Å². The van der Waals surface area contributed by atoms with Crippen LogP contribution in [0.2, 0.25) is 51.4 Å². The molecule has 0 saturated carbocycles. The molecule has 2 aromatic heterocycles. The Morgan fingerprint density at radius 2 is 1.06 bits per heavy atom. The molecular weight excluding hydrogens is 444 g/mol. The Kier molecular flexibility index (Phi) is 8.96. The summed E-state index contributed by atoms with van der Waals surface area (Å²) in [5, 5.41) is 0. The lowest BCUT2D eigenvalue weighted by molar-refractivity contribution is -0.109. The summed E-state index contributed by atoms with van der Waals surface area (Å²) in [6, 6.07) is 7.97. The van der Waals surface area contributed by atoms with Crippen LogP contribution in [0.3, 0.4) is 0 Å². The summed E-state index contributed by atoms with van der Waals surface area (Å²) in [7, 11) is -2.57. The number of aldehydes is 2. The Morgan fingerprint density at radius 3 is 1.38 bits per heavy atom. The summed E-state index contributed by atoms with van der Waals surface area (Å²) < 4.78 is 11.4. The van der Waals surface area contributed by atoms with Gasteiger partial charge >= 0.3 is 0 Å². The van der Waals surface area contributed by atoms with E-state index in [9.17, 15) is 9.59 Å². The molecule has 0 amide bonds. The molecule has 0 aliphatic heterocycles. The molecule has 0 radical (unpaired) electrons. The number of carbonyl (C=O) groups excluding carboxylic acids is 2. The summed E-state index contributed by atoms with van der Waals surface area (Å²) >= 11 is 0. The van der Waals surface area contributed by atoms with Crippen molar-refractivity contribution in [3.8, 4) is 23.5 Å². The van der Waals surface area contributed by atoms with Gasteiger partial charge in [0.15, 0.2) is 12.6 Å². The van der Waals surface area contributed by atoms with E-state index in [2.05, 4.69) is 49.3 Å². The van der Waals surface area contributed by atoms with Crippen molar-refractivity contribution < 1.29 is 28.8 Å². The molecule has 2 aromatic rings. The van der Waals surface area contributed by atoms with E-state index in [1.807, 2.05) is 0 Å². The van der Waals surface area contributed by atoms with E-state index >= 15 is 0 Å². The van der Waals surface area contributed by atoms with Gasteiger partial charge in [0.25, 0.3) is 11.8 Å². The highest BCUT2D eigenvalue weighted by atomic mass is 28.3. The van der Waals surface area contributed by atoms with Crippen LogP contribution < -0.4 is 19.2 Å². The molecule has 0 saturated heterocycles. The van der Waals surface area contributed by atoms with Gasteiger partial charge in [0.2, 0.25) is 11.8 Å². The largest absolute Gasteiger partial charge is 0.477 e. The molecule has 0 atom stereocenters. The maximum Gasteiger partial charge on any atom is 0.273 e. The molecule has 10 heteroatoms. The number of ether oxygens (including phenoxy) is 2. The van der Waals surface area contributed by atoms with Crippen molar-refractivity contribution in [1.29, 1.82) is 0 Å². The quantitative estimate of drug-likeness (QED) is 0.174. The van der Waals surface area contributed by atoms with E-state index in [1.54, 1.807) is 12.1 Å². The molecule has 0 spiro atoms. The molecule has 0 aliphatic rings. The van der Waals surface area contributed by atoms with Gasteiger partial charge in [-0.05, 0) is 24.2 Å². The van der Waals surface area contributed by atoms with Crippen LogP contribution in [0.5, 0.6) is 23.5 Å². The van der Waals surface area contributed by atoms with Crippen LogP contribution in [-0.4, -0.2) is 51.9 Å². The van der Waals surface area contributed by atoms with E-state index in [0.29, 0.717) is 36.9 Å². The first-order chi connectivity index (χ1) is 15.0. The first-order valence-corrected chi connectivity index (χ1v) is 17.9. The van der Waals surface area contributed by atoms with Gasteiger partial charge in [-0.15, -0.1) is 0 Å². The minimum absolute atomic E-state index is 0.112. The third-order valence-corrected chi connectivity index (χ3v) is 7.78. The van der Waals surface area contributed by atoms with Crippen molar-refractivity contribution in [3.05, 3.63) is 35.4 Å². The molecule has 32 heavy (non-hydrogen) atoms. The Morgan fingerprint density at radius 1 is 0.688 bits per heavy atom. The van der Waals surface area contributed by atoms with Crippen molar-refractivity contribution in [2.75, 3.05) is 13.2 Å². The molecule has 0 unspecified atom stereocenters. The maximum atomic E-state index is 11.3. The lowest BCUT2D eigenvalue weighted by Gasteiger charge is -2.16. The topological polar surface area (TPSA) is 96.8 Å². The summed E-state index contributed by atoms with van der Waals surface area (Å²) in [6.45, 7) is 14.4. The maximum absolute atomic E-state index is 11.3. The first kappa shape index (κ1) is 25.5. The van der Waals surface area contributed by atoms with Gasteiger partial charge in [0.1, 0.15) is 0 Å². The van der Waals surface area contributed by atoms with E-state index in [4.69, 9.17) is 19.2 Å². The highest BCUT2D eigenvalue weighted by Crippen LogP contribution is 2.23. The van der Waals surface area contributed by atoms with Gasteiger partial charge in [0, 0.05) is 28.3 Å². The second kappa shape index (κ2) is 11.2. The third-order valence-electron chi connectivity index (χ3n) is 4.38. The van der Waals surface area contributed by atoms with Gasteiger partial charge in [-0.3, -0.25) is 19.4 Å². The fraction of sp³-hybridized carbons (Fsp3) is 0.455. The predicted molar refractivity (Wildman–Crippen MR) is 128 cm³/mol. The standard InChI is InChI=1S/C22H32N2O6Si2/c1-31(2,3)13-11-27-21-17(15-25)7-9-19(23-21)29-30-20-10-8-18(16-26)22(24-20)28-12-14-32(4,5)6/h7-10,15-16H,11-14H2,1-6H3. The van der Waals surface area contributed by atoms with Gasteiger partial charge < -0.3 is 9.47 Å². The van der Waals surface area contributed by atoms with Crippen LogP contribution in [0.1, 0.15) is 20.7 Å². The lowest BCUT2D eigenvalue weighted by Crippen LogP contribution is -2.23. The fourth-order valence-electron chi connectivity index (χ4n) is 2.37. The number of hydrogen-bond acceptors (Lipinski definition) is 8. The smallest absolute Gasteiger partial charge is 0.273 e. The minimum atomic E-state index is -1.29. The molecule has 0 N–H and O–H groups in total. The Labute approximate surface area is 191 Å². The van der Waals surface area contributed by atoms with Gasteiger partial charge in [0.05, 0.1) is 24.3 Å². The number of carbonyl (C=O) groups is 2. The molecule has 0 bridgehead atoms. The molecule has 8 nitrogen and oxygen atoms in total. The summed E-state index contributed by atoms with van der Waals surface area (Å²) in [4.78, 5) is 41.5. The molecule has 2 rings (SSSR count). The van der Waals surface area contributed by atoms with Gasteiger partial charge in [-0.2, -0.15) is 9.97 Å². The number of nitrogens with zero attached hydrogens (tertiary/aromatic N) is 2. The van der Waals surface area contributed by atoms with Crippen molar-refractivity contribution in [1.82, 2.24) is 9.97 Å². The van der Waals surface area contributed by atoms with E-state index in [-0.39, 0.29) is 23.5 Å². The number of rotatable bonds is 13. The lowest BCUT2D eigenvalue weighted by atomic mass is 10.3. The van der Waals surface area contributed by atoms with Crippen molar-refractivity contribution in [2.24, 2.45) is 0 Å². The monoisotopic (exact) mass is 476 g/mol. The van der Waals surface area contributed by atoms with Gasteiger partial charge in [-0.1, -0.05) is 39.3 Å². The van der Waals surface area contributed by atoms with E-state index < -0.39 is 16.1 Å². The van der Waals surface area contributed by atoms with Crippen LogP contribution in [0.15, 0.2) is 24.3 Å². The molecule has 0 aromatic carbocycles. The highest BCUT2D eigenvalue weighted by molar-refractivity contribution is 6.76. The fourth-order valence-corrected chi connectivity index (χ4v) is 3.79. The second-order valence-electron chi connectivity index (χ2n) is 9.81. The van der Waals surface area contributed by atoms with Crippen molar-refractivity contribution in [2.45, 2.75) is 51.4 Å². The number of hydrogen-bond donors (Lipinski definition) is 0. The molecule has 2 heterocycles. The van der Waals surface area contributed by atoms with Crippen LogP contribution in [-0.2, 0) is 0 Å². The van der Waals surface area contributed by atoms with Gasteiger partial charge in [-0.25, -0.2) is 0 Å². The highest BCUT2D eigenvalue weighted by Gasteiger charge is 2.16. The predicted octanol–water partition coefficient (Wildman–Crippen LogP) is 4.91. The third kappa shape index (κ3) is 8.79. The van der Waals surface area contributed by atoms with Crippen LogP contribution in [0, 0.1) is 0 Å². The van der Waals surface area contributed by atoms with Crippen LogP contribution >= 0.6 is 0 Å². The number of aromatic nitrogens is 2. The first-order valence-electron chi connectivity index (χ1n) is 10.5. The Bertz CT molecular complexity index is 850. The molecule has 0 fully saturated rings. The van der Waals surface area contributed by atoms with Crippen LogP contribution in [0.4, 0.5) is 0 Å². The van der Waals surface area contributed by atoms with Crippen molar-refractivity contribution >= 4 is 28.7 Å². The zero-order valence-electron chi connectivity index (χ0n) is 19.6. The molecular formula is C22H32N2O6Si2. The Balaban J connectivity index is 2.05. The van der Waals surface area contributed by atoms with Crippen LogP contribution in [0.25, 0.3) is 0 Å². The zero-order chi connectivity index (χ0) is 23.8. The summed E-state index contributed by atoms with van der Waals surface area (Å²) in [6.07, 6.45) is 1.37. The Hall–Kier alpha value is -2.73.